The number of hydrogen-bond acceptors (Lipinski definition) is 3. The SMILES string of the molecule is C[C@@H](c1ccccc1)n1nnc(-c2ccc(F)cc2)n1. The molecule has 4 nitrogen and oxygen atoms in total. The second kappa shape index (κ2) is 5.21. The quantitative estimate of drug-likeness (QED) is 0.733. The summed E-state index contributed by atoms with van der Waals surface area (Å²) in [6, 6.07) is 16.0. The van der Waals surface area contributed by atoms with Gasteiger partial charge in [-0.05, 0) is 42.0 Å². The van der Waals surface area contributed by atoms with Crippen LogP contribution in [0.2, 0.25) is 0 Å². The van der Waals surface area contributed by atoms with Crippen LogP contribution in [0.1, 0.15) is 18.5 Å². The Kier molecular flexibility index (Phi) is 3.25. The Hall–Kier alpha value is -2.56. The van der Waals surface area contributed by atoms with Gasteiger partial charge in [-0.2, -0.15) is 4.80 Å². The van der Waals surface area contributed by atoms with Crippen molar-refractivity contribution < 1.29 is 4.39 Å². The summed E-state index contributed by atoms with van der Waals surface area (Å²) in [5, 5.41) is 12.5. The van der Waals surface area contributed by atoms with E-state index in [0.717, 1.165) is 11.1 Å². The van der Waals surface area contributed by atoms with Gasteiger partial charge in [0.2, 0.25) is 5.82 Å². The van der Waals surface area contributed by atoms with Crippen molar-refractivity contribution in [1.29, 1.82) is 0 Å². The van der Waals surface area contributed by atoms with Crippen molar-refractivity contribution in [3.8, 4) is 11.4 Å². The van der Waals surface area contributed by atoms with Gasteiger partial charge in [0, 0.05) is 5.56 Å². The van der Waals surface area contributed by atoms with Crippen molar-refractivity contribution in [2.75, 3.05) is 0 Å². The van der Waals surface area contributed by atoms with E-state index in [1.165, 1.54) is 12.1 Å². The zero-order valence-electron chi connectivity index (χ0n) is 10.9. The van der Waals surface area contributed by atoms with Crippen LogP contribution in [-0.2, 0) is 0 Å². The van der Waals surface area contributed by atoms with E-state index in [4.69, 9.17) is 0 Å². The van der Waals surface area contributed by atoms with Crippen molar-refractivity contribution in [3.63, 3.8) is 0 Å². The minimum absolute atomic E-state index is 0.00195. The number of rotatable bonds is 3. The molecule has 0 saturated heterocycles. The monoisotopic (exact) mass is 268 g/mol. The number of tetrazole rings is 1. The van der Waals surface area contributed by atoms with Gasteiger partial charge in [0.1, 0.15) is 5.82 Å². The van der Waals surface area contributed by atoms with Crippen molar-refractivity contribution >= 4 is 0 Å². The van der Waals surface area contributed by atoms with Gasteiger partial charge in [-0.25, -0.2) is 4.39 Å². The Bertz CT molecular complexity index is 691. The zero-order chi connectivity index (χ0) is 13.9. The second-order valence-electron chi connectivity index (χ2n) is 4.53. The summed E-state index contributed by atoms with van der Waals surface area (Å²) in [6.07, 6.45) is 0. The molecule has 0 aliphatic rings. The van der Waals surface area contributed by atoms with E-state index in [1.807, 2.05) is 37.3 Å². The fraction of sp³-hybridized carbons (Fsp3) is 0.133. The predicted octanol–water partition coefficient (Wildman–Crippen LogP) is 3.09. The Morgan fingerprint density at radius 3 is 2.40 bits per heavy atom. The first kappa shape index (κ1) is 12.5. The molecule has 0 aliphatic carbocycles. The van der Waals surface area contributed by atoms with Crippen LogP contribution in [0.5, 0.6) is 0 Å². The lowest BCUT2D eigenvalue weighted by molar-refractivity contribution is 0.481. The third kappa shape index (κ3) is 2.42. The minimum Gasteiger partial charge on any atom is -0.207 e. The van der Waals surface area contributed by atoms with Gasteiger partial charge >= 0.3 is 0 Å². The molecule has 1 heterocycles. The van der Waals surface area contributed by atoms with Gasteiger partial charge in [-0.1, -0.05) is 30.3 Å². The van der Waals surface area contributed by atoms with Crippen molar-refractivity contribution in [3.05, 3.63) is 66.0 Å². The van der Waals surface area contributed by atoms with Crippen LogP contribution in [0.3, 0.4) is 0 Å². The molecule has 0 N–H and O–H groups in total. The number of nitrogens with zero attached hydrogens (tertiary/aromatic N) is 4. The first-order valence-corrected chi connectivity index (χ1v) is 6.34. The van der Waals surface area contributed by atoms with Crippen LogP contribution in [0.15, 0.2) is 54.6 Å². The van der Waals surface area contributed by atoms with E-state index in [1.54, 1.807) is 16.9 Å². The third-order valence-electron chi connectivity index (χ3n) is 3.16. The molecular weight excluding hydrogens is 255 g/mol. The van der Waals surface area contributed by atoms with Crippen LogP contribution >= 0.6 is 0 Å². The van der Waals surface area contributed by atoms with Crippen molar-refractivity contribution in [2.45, 2.75) is 13.0 Å². The molecule has 1 atom stereocenters. The first-order chi connectivity index (χ1) is 9.74. The summed E-state index contributed by atoms with van der Waals surface area (Å²) >= 11 is 0. The smallest absolute Gasteiger partial charge is 0.204 e. The lowest BCUT2D eigenvalue weighted by Gasteiger charge is -2.09. The van der Waals surface area contributed by atoms with E-state index in [-0.39, 0.29) is 11.9 Å². The van der Waals surface area contributed by atoms with E-state index in [0.29, 0.717) is 5.82 Å². The molecule has 5 heteroatoms. The first-order valence-electron chi connectivity index (χ1n) is 6.34. The van der Waals surface area contributed by atoms with Gasteiger partial charge in [0.25, 0.3) is 0 Å². The summed E-state index contributed by atoms with van der Waals surface area (Å²) in [7, 11) is 0. The van der Waals surface area contributed by atoms with Gasteiger partial charge in [0.15, 0.2) is 0 Å². The highest BCUT2D eigenvalue weighted by molar-refractivity contribution is 5.53. The maximum Gasteiger partial charge on any atom is 0.204 e. The molecule has 0 bridgehead atoms. The molecule has 0 spiro atoms. The Labute approximate surface area is 115 Å². The number of benzene rings is 2. The van der Waals surface area contributed by atoms with Crippen LogP contribution in [0, 0.1) is 5.82 Å². The van der Waals surface area contributed by atoms with Crippen LogP contribution in [0.25, 0.3) is 11.4 Å². The molecule has 0 unspecified atom stereocenters. The van der Waals surface area contributed by atoms with E-state index in [2.05, 4.69) is 15.4 Å². The van der Waals surface area contributed by atoms with Gasteiger partial charge in [-0.3, -0.25) is 0 Å². The van der Waals surface area contributed by atoms with Gasteiger partial charge < -0.3 is 0 Å². The van der Waals surface area contributed by atoms with Crippen LogP contribution in [0.4, 0.5) is 4.39 Å². The highest BCUT2D eigenvalue weighted by Crippen LogP contribution is 2.18. The van der Waals surface area contributed by atoms with Crippen LogP contribution in [-0.4, -0.2) is 20.2 Å². The van der Waals surface area contributed by atoms with Crippen molar-refractivity contribution in [2.24, 2.45) is 0 Å². The number of aromatic nitrogens is 4. The molecule has 100 valence electrons. The maximum absolute atomic E-state index is 12.9. The van der Waals surface area contributed by atoms with E-state index < -0.39 is 0 Å². The summed E-state index contributed by atoms with van der Waals surface area (Å²) in [5.41, 5.74) is 1.86. The zero-order valence-corrected chi connectivity index (χ0v) is 10.9. The molecule has 0 amide bonds. The highest BCUT2D eigenvalue weighted by atomic mass is 19.1. The van der Waals surface area contributed by atoms with Gasteiger partial charge in [0.05, 0.1) is 6.04 Å². The maximum atomic E-state index is 12.9. The molecule has 2 aromatic carbocycles. The topological polar surface area (TPSA) is 43.6 Å². The standard InChI is InChI=1S/C15H13FN4/c1-11(12-5-3-2-4-6-12)20-18-15(17-19-20)13-7-9-14(16)10-8-13/h2-11H,1H3/t11-/m0/s1. The molecule has 3 aromatic rings. The molecule has 3 rings (SSSR count). The lowest BCUT2D eigenvalue weighted by atomic mass is 10.1. The largest absolute Gasteiger partial charge is 0.207 e. The fourth-order valence-corrected chi connectivity index (χ4v) is 1.97. The van der Waals surface area contributed by atoms with Gasteiger partial charge in [-0.15, -0.1) is 10.2 Å². The third-order valence-corrected chi connectivity index (χ3v) is 3.16. The Morgan fingerprint density at radius 2 is 1.70 bits per heavy atom. The van der Waals surface area contributed by atoms with Crippen molar-refractivity contribution in [1.82, 2.24) is 20.2 Å². The summed E-state index contributed by atoms with van der Waals surface area (Å²) in [4.78, 5) is 1.56. The molecule has 20 heavy (non-hydrogen) atoms. The Balaban J connectivity index is 1.89. The summed E-state index contributed by atoms with van der Waals surface area (Å²) in [6.45, 7) is 2.01. The fourth-order valence-electron chi connectivity index (χ4n) is 1.97. The number of halogens is 1. The average molecular weight is 268 g/mol. The number of hydrogen-bond donors (Lipinski definition) is 0. The lowest BCUT2D eigenvalue weighted by Crippen LogP contribution is -2.10. The normalized spacial score (nSPS) is 12.3. The highest BCUT2D eigenvalue weighted by Gasteiger charge is 2.12. The molecule has 0 saturated carbocycles. The second-order valence-corrected chi connectivity index (χ2v) is 4.53. The average Bonchev–Trinajstić information content (AvgIpc) is 2.98. The molecule has 0 aliphatic heterocycles. The summed E-state index contributed by atoms with van der Waals surface area (Å²) < 4.78 is 12.9. The molecule has 0 fully saturated rings. The predicted molar refractivity (Wildman–Crippen MR) is 73.5 cm³/mol. The minimum atomic E-state index is -0.279. The molecular formula is C15H13FN4. The Morgan fingerprint density at radius 1 is 1.00 bits per heavy atom. The summed E-state index contributed by atoms with van der Waals surface area (Å²) in [5.74, 6) is 0.214. The van der Waals surface area contributed by atoms with E-state index >= 15 is 0 Å². The molecule has 1 aromatic heterocycles. The van der Waals surface area contributed by atoms with Crippen LogP contribution < -0.4 is 0 Å². The van der Waals surface area contributed by atoms with E-state index in [9.17, 15) is 4.39 Å². The molecule has 0 radical (unpaired) electrons.